The standard InChI is InChI=1S/C29H34ClN3O4S/c1-21-13-9-12-18-26(21)33(38(36,37)24-15-7-6-8-16-24)20-27(34)32(19-23-14-10-11-17-25(23)30)22(2)28(35)31-29(3,4)5/h6-18,22H,19-20H2,1-5H3,(H,31,35)/t22-/m1/s1. The smallest absolute Gasteiger partial charge is 0.264 e. The number of hydrogen-bond acceptors (Lipinski definition) is 4. The Morgan fingerprint density at radius 1 is 0.921 bits per heavy atom. The molecule has 1 atom stereocenters. The molecule has 1 N–H and O–H groups in total. The topological polar surface area (TPSA) is 86.8 Å². The van der Waals surface area contributed by atoms with Crippen molar-refractivity contribution >= 4 is 39.1 Å². The largest absolute Gasteiger partial charge is 0.350 e. The minimum atomic E-state index is -4.10. The number of sulfonamides is 1. The highest BCUT2D eigenvalue weighted by atomic mass is 35.5. The zero-order valence-corrected chi connectivity index (χ0v) is 23.9. The predicted octanol–water partition coefficient (Wildman–Crippen LogP) is 5.18. The van der Waals surface area contributed by atoms with E-state index in [1.54, 1.807) is 80.6 Å². The Kier molecular flexibility index (Phi) is 9.22. The molecule has 0 radical (unpaired) electrons. The first-order valence-electron chi connectivity index (χ1n) is 12.3. The zero-order chi connectivity index (χ0) is 28.1. The Morgan fingerprint density at radius 3 is 2.11 bits per heavy atom. The summed E-state index contributed by atoms with van der Waals surface area (Å²) < 4.78 is 28.7. The molecule has 0 unspecified atom stereocenters. The summed E-state index contributed by atoms with van der Waals surface area (Å²) in [6, 6.07) is 21.1. The molecule has 0 saturated heterocycles. The van der Waals surface area contributed by atoms with E-state index in [2.05, 4.69) is 5.32 Å². The highest BCUT2D eigenvalue weighted by Gasteiger charge is 2.34. The van der Waals surface area contributed by atoms with Crippen LogP contribution in [0.2, 0.25) is 5.02 Å². The number of amides is 2. The highest BCUT2D eigenvalue weighted by molar-refractivity contribution is 7.92. The number of nitrogens with one attached hydrogen (secondary N) is 1. The average Bonchev–Trinajstić information content (AvgIpc) is 2.86. The van der Waals surface area contributed by atoms with E-state index >= 15 is 0 Å². The van der Waals surface area contributed by atoms with Crippen molar-refractivity contribution in [3.05, 3.63) is 95.0 Å². The number of anilines is 1. The number of carbonyl (C=O) groups excluding carboxylic acids is 2. The molecule has 0 aromatic heterocycles. The minimum Gasteiger partial charge on any atom is -0.350 e. The van der Waals surface area contributed by atoms with E-state index in [0.29, 0.717) is 21.8 Å². The first-order chi connectivity index (χ1) is 17.8. The molecule has 0 bridgehead atoms. The maximum absolute atomic E-state index is 13.9. The molecule has 3 rings (SSSR count). The molecule has 0 saturated carbocycles. The average molecular weight is 556 g/mol. The molecule has 0 aliphatic heterocycles. The van der Waals surface area contributed by atoms with Gasteiger partial charge in [-0.1, -0.05) is 66.2 Å². The van der Waals surface area contributed by atoms with Gasteiger partial charge in [0.25, 0.3) is 10.0 Å². The first kappa shape index (κ1) is 29.2. The fourth-order valence-corrected chi connectivity index (χ4v) is 5.64. The highest BCUT2D eigenvalue weighted by Crippen LogP contribution is 2.27. The fourth-order valence-electron chi connectivity index (χ4n) is 3.94. The van der Waals surface area contributed by atoms with Gasteiger partial charge in [0.2, 0.25) is 11.8 Å². The number of benzene rings is 3. The van der Waals surface area contributed by atoms with Crippen molar-refractivity contribution in [1.82, 2.24) is 10.2 Å². The van der Waals surface area contributed by atoms with E-state index in [0.717, 1.165) is 4.31 Å². The van der Waals surface area contributed by atoms with Crippen molar-refractivity contribution in [2.75, 3.05) is 10.8 Å². The van der Waals surface area contributed by atoms with Gasteiger partial charge in [0.1, 0.15) is 12.6 Å². The third-order valence-electron chi connectivity index (χ3n) is 5.96. The molecule has 2 amide bonds. The van der Waals surface area contributed by atoms with Crippen LogP contribution in [-0.2, 0) is 26.2 Å². The molecule has 3 aromatic carbocycles. The maximum atomic E-state index is 13.9. The van der Waals surface area contributed by atoms with Gasteiger partial charge in [0, 0.05) is 17.1 Å². The van der Waals surface area contributed by atoms with Crippen LogP contribution in [0.5, 0.6) is 0 Å². The van der Waals surface area contributed by atoms with Crippen LogP contribution in [0, 0.1) is 6.92 Å². The van der Waals surface area contributed by atoms with Gasteiger partial charge in [-0.15, -0.1) is 0 Å². The van der Waals surface area contributed by atoms with Gasteiger partial charge in [-0.2, -0.15) is 0 Å². The van der Waals surface area contributed by atoms with E-state index in [4.69, 9.17) is 11.6 Å². The normalized spacial score (nSPS) is 12.5. The second-order valence-electron chi connectivity index (χ2n) is 10.1. The zero-order valence-electron chi connectivity index (χ0n) is 22.3. The van der Waals surface area contributed by atoms with Crippen LogP contribution in [0.4, 0.5) is 5.69 Å². The van der Waals surface area contributed by atoms with Crippen LogP contribution in [0.15, 0.2) is 83.8 Å². The monoisotopic (exact) mass is 555 g/mol. The van der Waals surface area contributed by atoms with Crippen LogP contribution in [0.1, 0.15) is 38.8 Å². The van der Waals surface area contributed by atoms with E-state index in [-0.39, 0.29) is 17.3 Å². The van der Waals surface area contributed by atoms with Crippen molar-refractivity contribution < 1.29 is 18.0 Å². The molecule has 9 heteroatoms. The summed E-state index contributed by atoms with van der Waals surface area (Å²) in [5.74, 6) is -0.893. The number of carbonyl (C=O) groups is 2. The van der Waals surface area contributed by atoms with Gasteiger partial charge in [-0.05, 0) is 70.0 Å². The first-order valence-corrected chi connectivity index (χ1v) is 14.1. The molecular weight excluding hydrogens is 522 g/mol. The minimum absolute atomic E-state index is 0.0320. The summed E-state index contributed by atoms with van der Waals surface area (Å²) in [7, 11) is -4.10. The van der Waals surface area contributed by atoms with Crippen LogP contribution < -0.4 is 9.62 Å². The van der Waals surface area contributed by atoms with Crippen LogP contribution in [0.3, 0.4) is 0 Å². The van der Waals surface area contributed by atoms with E-state index < -0.39 is 34.1 Å². The molecule has 0 aliphatic carbocycles. The van der Waals surface area contributed by atoms with Gasteiger partial charge in [0.05, 0.1) is 10.6 Å². The third kappa shape index (κ3) is 7.14. The number of rotatable bonds is 9. The molecule has 38 heavy (non-hydrogen) atoms. The van der Waals surface area contributed by atoms with Crippen molar-refractivity contribution in [3.8, 4) is 0 Å². The SMILES string of the molecule is Cc1ccccc1N(CC(=O)N(Cc1ccccc1Cl)[C@H](C)C(=O)NC(C)(C)C)S(=O)(=O)c1ccccc1. The Labute approximate surface area is 230 Å². The second-order valence-corrected chi connectivity index (χ2v) is 12.4. The maximum Gasteiger partial charge on any atom is 0.264 e. The summed E-state index contributed by atoms with van der Waals surface area (Å²) in [6.07, 6.45) is 0. The Balaban J connectivity index is 2.05. The van der Waals surface area contributed by atoms with Crippen molar-refractivity contribution in [2.24, 2.45) is 0 Å². The van der Waals surface area contributed by atoms with Crippen molar-refractivity contribution in [2.45, 2.75) is 57.6 Å². The van der Waals surface area contributed by atoms with Gasteiger partial charge in [-0.25, -0.2) is 8.42 Å². The molecule has 202 valence electrons. The molecule has 0 fully saturated rings. The lowest BCUT2D eigenvalue weighted by molar-refractivity contribution is -0.140. The van der Waals surface area contributed by atoms with Crippen LogP contribution >= 0.6 is 11.6 Å². The van der Waals surface area contributed by atoms with Gasteiger partial charge < -0.3 is 10.2 Å². The lowest BCUT2D eigenvalue weighted by Gasteiger charge is -2.34. The Morgan fingerprint density at radius 2 is 1.50 bits per heavy atom. The number of aryl methyl sites for hydroxylation is 1. The quantitative estimate of drug-likeness (QED) is 0.394. The van der Waals surface area contributed by atoms with Gasteiger partial charge in [0.15, 0.2) is 0 Å². The Hall–Kier alpha value is -3.36. The fraction of sp³-hybridized carbons (Fsp3) is 0.310. The number of halogens is 1. The summed E-state index contributed by atoms with van der Waals surface area (Å²) in [5, 5.41) is 3.35. The van der Waals surface area contributed by atoms with Crippen molar-refractivity contribution in [3.63, 3.8) is 0 Å². The van der Waals surface area contributed by atoms with E-state index in [9.17, 15) is 18.0 Å². The lowest BCUT2D eigenvalue weighted by Crippen LogP contribution is -2.54. The van der Waals surface area contributed by atoms with Crippen LogP contribution in [0.25, 0.3) is 0 Å². The number of nitrogens with zero attached hydrogens (tertiary/aromatic N) is 2. The third-order valence-corrected chi connectivity index (χ3v) is 8.10. The molecule has 0 heterocycles. The Bertz CT molecular complexity index is 1390. The summed E-state index contributed by atoms with van der Waals surface area (Å²) >= 11 is 6.39. The number of para-hydroxylation sites is 1. The number of hydrogen-bond donors (Lipinski definition) is 1. The van der Waals surface area contributed by atoms with Crippen LogP contribution in [-0.4, -0.2) is 43.3 Å². The molecule has 3 aromatic rings. The second kappa shape index (κ2) is 12.0. The lowest BCUT2D eigenvalue weighted by atomic mass is 10.1. The molecule has 7 nitrogen and oxygen atoms in total. The van der Waals surface area contributed by atoms with Crippen molar-refractivity contribution in [1.29, 1.82) is 0 Å². The van der Waals surface area contributed by atoms with Gasteiger partial charge >= 0.3 is 0 Å². The molecule has 0 aliphatic rings. The summed E-state index contributed by atoms with van der Waals surface area (Å²) in [4.78, 5) is 28.5. The summed E-state index contributed by atoms with van der Waals surface area (Å²) in [6.45, 7) is 8.50. The van der Waals surface area contributed by atoms with Gasteiger partial charge in [-0.3, -0.25) is 13.9 Å². The molecular formula is C29H34ClN3O4S. The van der Waals surface area contributed by atoms with E-state index in [1.807, 2.05) is 20.8 Å². The predicted molar refractivity (Wildman–Crippen MR) is 152 cm³/mol. The molecule has 0 spiro atoms. The van der Waals surface area contributed by atoms with E-state index in [1.165, 1.54) is 17.0 Å². The summed E-state index contributed by atoms with van der Waals surface area (Å²) in [5.41, 5.74) is 1.20.